The van der Waals surface area contributed by atoms with Crippen LogP contribution in [0.1, 0.15) is 35.1 Å². The molecule has 1 aliphatic rings. The zero-order valence-electron chi connectivity index (χ0n) is 11.6. The van der Waals surface area contributed by atoms with E-state index in [1.165, 1.54) is 18.4 Å². The third-order valence-electron chi connectivity index (χ3n) is 3.49. The Hall–Kier alpha value is -1.14. The van der Waals surface area contributed by atoms with Crippen LogP contribution in [-0.4, -0.2) is 37.3 Å². The van der Waals surface area contributed by atoms with Crippen LogP contribution in [0.15, 0.2) is 0 Å². The lowest BCUT2D eigenvalue weighted by atomic mass is 9.93. The van der Waals surface area contributed by atoms with E-state index >= 15 is 0 Å². The van der Waals surface area contributed by atoms with Gasteiger partial charge in [0.05, 0.1) is 12.8 Å². The molecule has 1 atom stereocenters. The average molecular weight is 284 g/mol. The van der Waals surface area contributed by atoms with Crippen LogP contribution in [0.25, 0.3) is 0 Å². The molecule has 0 saturated carbocycles. The Balaban J connectivity index is 2.00. The molecule has 0 bridgehead atoms. The summed E-state index contributed by atoms with van der Waals surface area (Å²) in [5.74, 6) is 0.279. The van der Waals surface area contributed by atoms with Gasteiger partial charge in [-0.1, -0.05) is 11.3 Å². The van der Waals surface area contributed by atoms with E-state index in [-0.39, 0.29) is 5.97 Å². The maximum absolute atomic E-state index is 11.5. The predicted molar refractivity (Wildman–Crippen MR) is 74.8 cm³/mol. The summed E-state index contributed by atoms with van der Waals surface area (Å²) in [6.45, 7) is 5.65. The van der Waals surface area contributed by atoms with Gasteiger partial charge in [-0.15, -0.1) is 0 Å². The molecule has 19 heavy (non-hydrogen) atoms. The largest absolute Gasteiger partial charge is 0.465 e. The van der Waals surface area contributed by atoms with Gasteiger partial charge in [0, 0.05) is 19.3 Å². The van der Waals surface area contributed by atoms with E-state index < -0.39 is 0 Å². The van der Waals surface area contributed by atoms with Crippen molar-refractivity contribution in [3.05, 3.63) is 10.6 Å². The van der Waals surface area contributed by atoms with E-state index in [1.807, 2.05) is 6.92 Å². The number of nitrogens with zero attached hydrogens (tertiary/aromatic N) is 1. The first-order valence-corrected chi connectivity index (χ1v) is 7.33. The maximum atomic E-state index is 11.5. The molecule has 1 aromatic rings. The number of aryl methyl sites for hydroxylation is 1. The molecule has 1 aromatic heterocycles. The van der Waals surface area contributed by atoms with Crippen LogP contribution in [0.3, 0.4) is 0 Å². The molecule has 6 heteroatoms. The summed E-state index contributed by atoms with van der Waals surface area (Å²) in [4.78, 5) is 16.5. The summed E-state index contributed by atoms with van der Waals surface area (Å²) in [5, 5.41) is 4.18. The quantitative estimate of drug-likeness (QED) is 0.861. The van der Waals surface area contributed by atoms with Crippen molar-refractivity contribution in [2.45, 2.75) is 32.7 Å². The zero-order chi connectivity index (χ0) is 13.8. The van der Waals surface area contributed by atoms with Crippen molar-refractivity contribution in [3.63, 3.8) is 0 Å². The Morgan fingerprint density at radius 1 is 1.53 bits per heavy atom. The lowest BCUT2D eigenvalue weighted by molar-refractivity contribution is 0.0605. The molecule has 0 amide bonds. The average Bonchev–Trinajstić information content (AvgIpc) is 2.79. The van der Waals surface area contributed by atoms with Crippen molar-refractivity contribution < 1.29 is 14.3 Å². The lowest BCUT2D eigenvalue weighted by Gasteiger charge is -2.28. The Morgan fingerprint density at radius 2 is 2.21 bits per heavy atom. The van der Waals surface area contributed by atoms with Crippen molar-refractivity contribution in [1.29, 1.82) is 0 Å². The number of anilines is 1. The van der Waals surface area contributed by atoms with Gasteiger partial charge in [-0.3, -0.25) is 0 Å². The molecule has 2 rings (SSSR count). The highest BCUT2D eigenvalue weighted by atomic mass is 32.1. The maximum Gasteiger partial charge on any atom is 0.350 e. The normalized spacial score (nSPS) is 18.1. The molecule has 1 N–H and O–H groups in total. The van der Waals surface area contributed by atoms with Gasteiger partial charge in [0.15, 0.2) is 5.13 Å². The summed E-state index contributed by atoms with van der Waals surface area (Å²) in [5.41, 5.74) is 0.721. The van der Waals surface area contributed by atoms with Gasteiger partial charge < -0.3 is 14.8 Å². The van der Waals surface area contributed by atoms with Gasteiger partial charge in [-0.2, -0.15) is 0 Å². The molecule has 2 heterocycles. The van der Waals surface area contributed by atoms with Crippen LogP contribution >= 0.6 is 11.3 Å². The van der Waals surface area contributed by atoms with E-state index in [4.69, 9.17) is 9.47 Å². The molecule has 1 unspecified atom stereocenters. The number of methoxy groups -OCH3 is 1. The molecule has 106 valence electrons. The Labute approximate surface area is 117 Å². The lowest BCUT2D eigenvalue weighted by Crippen LogP contribution is -2.30. The minimum Gasteiger partial charge on any atom is -0.465 e. The molecule has 0 aromatic carbocycles. The summed E-state index contributed by atoms with van der Waals surface area (Å²) in [6, 6.07) is 0.333. The third kappa shape index (κ3) is 3.45. The highest BCUT2D eigenvalue weighted by molar-refractivity contribution is 7.17. The van der Waals surface area contributed by atoms with Crippen LogP contribution in [0, 0.1) is 12.8 Å². The number of nitrogens with one attached hydrogen (secondary N) is 1. The first-order chi connectivity index (χ1) is 9.11. The molecule has 1 aliphatic heterocycles. The number of rotatable bonds is 4. The molecule has 0 aliphatic carbocycles. The topological polar surface area (TPSA) is 60.5 Å². The molecule has 0 radical (unpaired) electrons. The van der Waals surface area contributed by atoms with Crippen LogP contribution in [0.5, 0.6) is 0 Å². The number of hydrogen-bond acceptors (Lipinski definition) is 6. The fraction of sp³-hybridized carbons (Fsp3) is 0.692. The van der Waals surface area contributed by atoms with Crippen molar-refractivity contribution in [3.8, 4) is 0 Å². The van der Waals surface area contributed by atoms with Gasteiger partial charge >= 0.3 is 5.97 Å². The Morgan fingerprint density at radius 3 is 2.84 bits per heavy atom. The first-order valence-electron chi connectivity index (χ1n) is 6.52. The summed E-state index contributed by atoms with van der Waals surface area (Å²) >= 11 is 1.36. The second-order valence-corrected chi connectivity index (χ2v) is 5.81. The van der Waals surface area contributed by atoms with E-state index in [2.05, 4.69) is 17.2 Å². The highest BCUT2D eigenvalue weighted by Gasteiger charge is 2.22. The van der Waals surface area contributed by atoms with Gasteiger partial charge in [-0.05, 0) is 32.6 Å². The van der Waals surface area contributed by atoms with Crippen molar-refractivity contribution in [1.82, 2.24) is 4.98 Å². The van der Waals surface area contributed by atoms with E-state index in [9.17, 15) is 4.79 Å². The minimum absolute atomic E-state index is 0.318. The fourth-order valence-electron chi connectivity index (χ4n) is 2.27. The zero-order valence-corrected chi connectivity index (χ0v) is 12.4. The second kappa shape index (κ2) is 6.34. The first kappa shape index (κ1) is 14.3. The van der Waals surface area contributed by atoms with Crippen LogP contribution in [0.2, 0.25) is 0 Å². The summed E-state index contributed by atoms with van der Waals surface area (Å²) in [6.07, 6.45) is 2.14. The van der Waals surface area contributed by atoms with E-state index in [1.54, 1.807) is 0 Å². The number of ether oxygens (including phenoxy) is 2. The van der Waals surface area contributed by atoms with Gasteiger partial charge in [0.1, 0.15) is 4.88 Å². The van der Waals surface area contributed by atoms with Crippen LogP contribution in [0.4, 0.5) is 5.13 Å². The SMILES string of the molecule is COC(=O)c1sc(NC(C)C2CCOCC2)nc1C. The third-order valence-corrected chi connectivity index (χ3v) is 4.56. The number of aromatic nitrogens is 1. The fourth-order valence-corrected chi connectivity index (χ4v) is 3.25. The van der Waals surface area contributed by atoms with Crippen molar-refractivity contribution in [2.75, 3.05) is 25.6 Å². The van der Waals surface area contributed by atoms with E-state index in [0.717, 1.165) is 36.9 Å². The minimum atomic E-state index is -0.318. The smallest absolute Gasteiger partial charge is 0.350 e. The number of thiazole rings is 1. The number of carbonyl (C=O) groups is 1. The number of carbonyl (C=O) groups excluding carboxylic acids is 1. The summed E-state index contributed by atoms with van der Waals surface area (Å²) < 4.78 is 10.1. The van der Waals surface area contributed by atoms with Crippen molar-refractivity contribution in [2.24, 2.45) is 5.92 Å². The standard InChI is InChI=1S/C13H20N2O3S/c1-8(10-4-6-18-7-5-10)14-13-15-9(2)11(19-13)12(16)17-3/h8,10H,4-7H2,1-3H3,(H,14,15). The second-order valence-electron chi connectivity index (χ2n) is 4.81. The van der Waals surface area contributed by atoms with Gasteiger partial charge in [0.2, 0.25) is 0 Å². The molecule has 1 fully saturated rings. The summed E-state index contributed by atoms with van der Waals surface area (Å²) in [7, 11) is 1.39. The van der Waals surface area contributed by atoms with Gasteiger partial charge in [-0.25, -0.2) is 9.78 Å². The number of esters is 1. The van der Waals surface area contributed by atoms with Crippen LogP contribution in [-0.2, 0) is 9.47 Å². The van der Waals surface area contributed by atoms with Crippen LogP contribution < -0.4 is 5.32 Å². The van der Waals surface area contributed by atoms with Crippen molar-refractivity contribution >= 4 is 22.4 Å². The molecular formula is C13H20N2O3S. The van der Waals surface area contributed by atoms with Gasteiger partial charge in [0.25, 0.3) is 0 Å². The number of hydrogen-bond donors (Lipinski definition) is 1. The predicted octanol–water partition coefficient (Wildman–Crippen LogP) is 2.47. The Bertz CT molecular complexity index is 441. The Kier molecular flexibility index (Phi) is 4.76. The molecular weight excluding hydrogens is 264 g/mol. The molecule has 1 saturated heterocycles. The monoisotopic (exact) mass is 284 g/mol. The molecule has 5 nitrogen and oxygen atoms in total. The van der Waals surface area contributed by atoms with E-state index in [0.29, 0.717) is 16.8 Å². The highest BCUT2D eigenvalue weighted by Crippen LogP contribution is 2.27. The molecule has 0 spiro atoms.